The van der Waals surface area contributed by atoms with Crippen molar-refractivity contribution in [2.45, 2.75) is 19.3 Å². The van der Waals surface area contributed by atoms with Crippen molar-refractivity contribution >= 4 is 23.1 Å². The second-order valence-corrected chi connectivity index (χ2v) is 6.31. The number of aliphatic hydroxyl groups excluding tert-OH is 1. The number of amides is 2. The minimum Gasteiger partial charge on any atom is -0.390 e. The van der Waals surface area contributed by atoms with Crippen LogP contribution in [0.3, 0.4) is 0 Å². The Bertz CT molecular complexity index is 907. The quantitative estimate of drug-likeness (QED) is 0.617. The Morgan fingerprint density at radius 1 is 1.30 bits per heavy atom. The number of carbonyl (C=O) groups excluding carboxylic acids is 1. The molecule has 3 rings (SSSR count). The number of nitrogens with zero attached hydrogens (tertiary/aromatic N) is 3. The van der Waals surface area contributed by atoms with E-state index in [1.807, 2.05) is 0 Å². The molecule has 2 amide bonds. The number of carbonyl (C=O) groups is 1. The zero-order valence-corrected chi connectivity index (χ0v) is 14.5. The standard InChI is InChI=1S/C16H14F3N5O2S/c17-16(18,19)13-6-12(24(23-13)14-2-1-5-27-14)8-21-15(26)22-10-3-4-11(9-25)20-7-10/h1-7,25H,8-9H2,(H2,21,22,26). The lowest BCUT2D eigenvalue weighted by Crippen LogP contribution is -2.29. The third kappa shape index (κ3) is 4.63. The van der Waals surface area contributed by atoms with Crippen molar-refractivity contribution < 1.29 is 23.1 Å². The molecule has 0 aromatic carbocycles. The Kier molecular flexibility index (Phi) is 5.42. The van der Waals surface area contributed by atoms with Gasteiger partial charge in [-0.1, -0.05) is 0 Å². The normalized spacial score (nSPS) is 11.4. The number of nitrogens with one attached hydrogen (secondary N) is 2. The van der Waals surface area contributed by atoms with Crippen molar-refractivity contribution in [3.05, 3.63) is 59.0 Å². The van der Waals surface area contributed by atoms with Crippen LogP contribution in [-0.4, -0.2) is 25.9 Å². The van der Waals surface area contributed by atoms with E-state index in [-0.39, 0.29) is 18.8 Å². The number of hydrogen-bond acceptors (Lipinski definition) is 5. The fourth-order valence-corrected chi connectivity index (χ4v) is 2.92. The van der Waals surface area contributed by atoms with Gasteiger partial charge in [0.15, 0.2) is 5.69 Å². The van der Waals surface area contributed by atoms with Crippen LogP contribution in [-0.2, 0) is 19.3 Å². The van der Waals surface area contributed by atoms with Gasteiger partial charge in [-0.15, -0.1) is 11.3 Å². The molecule has 0 radical (unpaired) electrons. The van der Waals surface area contributed by atoms with E-state index in [9.17, 15) is 18.0 Å². The van der Waals surface area contributed by atoms with Crippen LogP contribution in [0.5, 0.6) is 0 Å². The maximum atomic E-state index is 13.0. The molecule has 0 saturated heterocycles. The molecule has 0 unspecified atom stereocenters. The van der Waals surface area contributed by atoms with E-state index in [1.54, 1.807) is 23.6 Å². The maximum Gasteiger partial charge on any atom is 0.435 e. The number of pyridine rings is 1. The zero-order valence-electron chi connectivity index (χ0n) is 13.7. The molecule has 27 heavy (non-hydrogen) atoms. The molecule has 0 atom stereocenters. The van der Waals surface area contributed by atoms with Gasteiger partial charge in [-0.05, 0) is 35.7 Å². The van der Waals surface area contributed by atoms with Gasteiger partial charge in [0.1, 0.15) is 5.00 Å². The third-order valence-electron chi connectivity index (χ3n) is 3.46. The number of thiophene rings is 1. The van der Waals surface area contributed by atoms with Gasteiger partial charge in [0, 0.05) is 0 Å². The van der Waals surface area contributed by atoms with Gasteiger partial charge in [0.2, 0.25) is 0 Å². The van der Waals surface area contributed by atoms with Gasteiger partial charge in [0.25, 0.3) is 0 Å². The van der Waals surface area contributed by atoms with Crippen molar-refractivity contribution in [1.29, 1.82) is 0 Å². The molecule has 7 nitrogen and oxygen atoms in total. The van der Waals surface area contributed by atoms with Gasteiger partial charge in [-0.25, -0.2) is 9.48 Å². The van der Waals surface area contributed by atoms with Crippen LogP contribution < -0.4 is 10.6 Å². The predicted molar refractivity (Wildman–Crippen MR) is 92.5 cm³/mol. The summed E-state index contributed by atoms with van der Waals surface area (Å²) in [5.74, 6) is 0. The number of anilines is 1. The second kappa shape index (κ2) is 7.76. The smallest absolute Gasteiger partial charge is 0.390 e. The van der Waals surface area contributed by atoms with Crippen LogP contribution in [0.15, 0.2) is 41.9 Å². The van der Waals surface area contributed by atoms with Crippen molar-refractivity contribution in [3.8, 4) is 5.00 Å². The van der Waals surface area contributed by atoms with E-state index in [2.05, 4.69) is 20.7 Å². The van der Waals surface area contributed by atoms with E-state index in [1.165, 1.54) is 23.6 Å². The predicted octanol–water partition coefficient (Wildman–Crippen LogP) is 3.16. The van der Waals surface area contributed by atoms with E-state index < -0.39 is 17.9 Å². The van der Waals surface area contributed by atoms with Crippen LogP contribution >= 0.6 is 11.3 Å². The molecule has 3 heterocycles. The zero-order chi connectivity index (χ0) is 19.4. The summed E-state index contributed by atoms with van der Waals surface area (Å²) in [6, 6.07) is 6.71. The lowest BCUT2D eigenvalue weighted by atomic mass is 10.3. The number of rotatable bonds is 5. The van der Waals surface area contributed by atoms with Gasteiger partial charge >= 0.3 is 12.2 Å². The molecular formula is C16H14F3N5O2S. The minimum atomic E-state index is -4.58. The van der Waals surface area contributed by atoms with Crippen molar-refractivity contribution in [2.24, 2.45) is 0 Å². The van der Waals surface area contributed by atoms with Crippen LogP contribution in [0.1, 0.15) is 17.1 Å². The highest BCUT2D eigenvalue weighted by Crippen LogP contribution is 2.30. The maximum absolute atomic E-state index is 13.0. The number of halogens is 3. The first-order chi connectivity index (χ1) is 12.9. The molecule has 0 spiro atoms. The number of urea groups is 1. The first-order valence-corrected chi connectivity index (χ1v) is 8.55. The van der Waals surface area contributed by atoms with Gasteiger partial charge in [-0.2, -0.15) is 18.3 Å². The van der Waals surface area contributed by atoms with Crippen LogP contribution in [0.2, 0.25) is 0 Å². The highest BCUT2D eigenvalue weighted by molar-refractivity contribution is 7.12. The molecule has 0 saturated carbocycles. The Morgan fingerprint density at radius 3 is 2.70 bits per heavy atom. The largest absolute Gasteiger partial charge is 0.435 e. The van der Waals surface area contributed by atoms with Gasteiger partial charge < -0.3 is 15.7 Å². The summed E-state index contributed by atoms with van der Waals surface area (Å²) < 4.78 is 40.1. The van der Waals surface area contributed by atoms with Gasteiger partial charge in [0.05, 0.1) is 36.4 Å². The van der Waals surface area contributed by atoms with Crippen molar-refractivity contribution in [1.82, 2.24) is 20.1 Å². The number of alkyl halides is 3. The van der Waals surface area contributed by atoms with Crippen LogP contribution in [0.4, 0.5) is 23.7 Å². The average molecular weight is 397 g/mol. The van der Waals surface area contributed by atoms with E-state index in [4.69, 9.17) is 5.11 Å². The molecule has 0 aliphatic carbocycles. The van der Waals surface area contributed by atoms with Crippen LogP contribution in [0.25, 0.3) is 5.00 Å². The lowest BCUT2D eigenvalue weighted by Gasteiger charge is -2.09. The highest BCUT2D eigenvalue weighted by Gasteiger charge is 2.35. The SMILES string of the molecule is O=C(NCc1cc(C(F)(F)F)nn1-c1cccs1)Nc1ccc(CO)nc1. The van der Waals surface area contributed by atoms with E-state index in [0.29, 0.717) is 16.4 Å². The minimum absolute atomic E-state index is 0.158. The summed E-state index contributed by atoms with van der Waals surface area (Å²) in [7, 11) is 0. The number of aromatic nitrogens is 3. The first-order valence-electron chi connectivity index (χ1n) is 7.67. The summed E-state index contributed by atoms with van der Waals surface area (Å²) in [5.41, 5.74) is -0.0153. The third-order valence-corrected chi connectivity index (χ3v) is 4.31. The summed E-state index contributed by atoms with van der Waals surface area (Å²) in [4.78, 5) is 15.9. The Morgan fingerprint density at radius 2 is 2.11 bits per heavy atom. The molecule has 0 bridgehead atoms. The average Bonchev–Trinajstić information content (AvgIpc) is 3.29. The molecule has 3 N–H and O–H groups in total. The Labute approximate surface area is 155 Å². The fourth-order valence-electron chi connectivity index (χ4n) is 2.20. The first kappa shape index (κ1) is 18.9. The Balaban J connectivity index is 1.71. The fraction of sp³-hybridized carbons (Fsp3) is 0.188. The molecule has 0 fully saturated rings. The molecule has 0 aliphatic heterocycles. The summed E-state index contributed by atoms with van der Waals surface area (Å²) in [6.07, 6.45) is -3.22. The molecule has 142 valence electrons. The highest BCUT2D eigenvalue weighted by atomic mass is 32.1. The Hall–Kier alpha value is -2.92. The molecule has 0 aliphatic rings. The van der Waals surface area contributed by atoms with E-state index in [0.717, 1.165) is 10.7 Å². The van der Waals surface area contributed by atoms with E-state index >= 15 is 0 Å². The van der Waals surface area contributed by atoms with Crippen LogP contribution in [0, 0.1) is 0 Å². The monoisotopic (exact) mass is 397 g/mol. The summed E-state index contributed by atoms with van der Waals surface area (Å²) in [6.45, 7) is -0.379. The number of hydrogen-bond donors (Lipinski definition) is 3. The van der Waals surface area contributed by atoms with Crippen molar-refractivity contribution in [2.75, 3.05) is 5.32 Å². The van der Waals surface area contributed by atoms with Gasteiger partial charge in [-0.3, -0.25) is 4.98 Å². The number of aliphatic hydroxyl groups is 1. The molecule has 3 aromatic rings. The van der Waals surface area contributed by atoms with Crippen molar-refractivity contribution in [3.63, 3.8) is 0 Å². The molecular weight excluding hydrogens is 383 g/mol. The second-order valence-electron chi connectivity index (χ2n) is 5.39. The topological polar surface area (TPSA) is 92.1 Å². The molecule has 11 heteroatoms. The summed E-state index contributed by atoms with van der Waals surface area (Å²) in [5, 5.41) is 19.8. The molecule has 3 aromatic heterocycles. The lowest BCUT2D eigenvalue weighted by molar-refractivity contribution is -0.141. The summed E-state index contributed by atoms with van der Waals surface area (Å²) >= 11 is 1.23.